The van der Waals surface area contributed by atoms with Crippen molar-refractivity contribution in [3.8, 4) is 17.2 Å². The lowest BCUT2D eigenvalue weighted by molar-refractivity contribution is -0.114. The molecule has 0 aromatic heterocycles. The molecule has 0 aliphatic rings. The fourth-order valence-electron chi connectivity index (χ4n) is 2.33. The summed E-state index contributed by atoms with van der Waals surface area (Å²) in [6.07, 6.45) is 0. The van der Waals surface area contributed by atoms with Gasteiger partial charge in [-0.25, -0.2) is 0 Å². The summed E-state index contributed by atoms with van der Waals surface area (Å²) in [6.45, 7) is 1.53. The number of carbonyl (C=O) groups is 1. The lowest BCUT2D eigenvalue weighted by Gasteiger charge is -2.15. The molecule has 2 rings (SSSR count). The van der Waals surface area contributed by atoms with Crippen LogP contribution in [0.3, 0.4) is 0 Å². The highest BCUT2D eigenvalue weighted by molar-refractivity contribution is 5.95. The Labute approximate surface area is 156 Å². The predicted molar refractivity (Wildman–Crippen MR) is 99.0 cm³/mol. The van der Waals surface area contributed by atoms with E-state index in [0.717, 1.165) is 0 Å². The zero-order valence-electron chi connectivity index (χ0n) is 15.1. The summed E-state index contributed by atoms with van der Waals surface area (Å²) < 4.78 is 40.3. The fourth-order valence-corrected chi connectivity index (χ4v) is 2.33. The Balaban J connectivity index is 2.04. The second-order valence-corrected chi connectivity index (χ2v) is 5.30. The first-order valence-electron chi connectivity index (χ1n) is 8.50. The lowest BCUT2D eigenvalue weighted by Crippen LogP contribution is -2.22. The molecule has 0 aliphatic carbocycles. The van der Waals surface area contributed by atoms with Gasteiger partial charge < -0.3 is 24.8 Å². The summed E-state index contributed by atoms with van der Waals surface area (Å²) >= 11 is 0. The van der Waals surface area contributed by atoms with Crippen LogP contribution in [0.5, 0.6) is 17.2 Å². The number of ether oxygens (including phenoxy) is 3. The van der Waals surface area contributed by atoms with E-state index in [4.69, 9.17) is 9.47 Å². The second-order valence-electron chi connectivity index (χ2n) is 5.30. The number of alkyl halides is 2. The number of anilines is 2. The molecular formula is C19H22F2N2O4. The van der Waals surface area contributed by atoms with Crippen LogP contribution < -0.4 is 24.8 Å². The number of carbonyl (C=O) groups excluding carboxylic acids is 1. The molecule has 0 heterocycles. The summed E-state index contributed by atoms with van der Waals surface area (Å²) in [4.78, 5) is 12.3. The Morgan fingerprint density at radius 3 is 2.44 bits per heavy atom. The van der Waals surface area contributed by atoms with Crippen LogP contribution in [0.4, 0.5) is 20.2 Å². The first-order valence-corrected chi connectivity index (χ1v) is 8.50. The van der Waals surface area contributed by atoms with Crippen molar-refractivity contribution in [1.82, 2.24) is 0 Å². The van der Waals surface area contributed by atoms with Crippen LogP contribution in [-0.4, -0.2) is 32.3 Å². The summed E-state index contributed by atoms with van der Waals surface area (Å²) in [5.41, 5.74) is 0.757. The Kier molecular flexibility index (Phi) is 7.66. The molecule has 0 fully saturated rings. The van der Waals surface area contributed by atoms with Crippen LogP contribution in [0.2, 0.25) is 0 Å². The van der Waals surface area contributed by atoms with Gasteiger partial charge in [-0.1, -0.05) is 12.1 Å². The lowest BCUT2D eigenvalue weighted by atomic mass is 10.2. The number of benzene rings is 2. The van der Waals surface area contributed by atoms with E-state index in [2.05, 4.69) is 15.4 Å². The number of para-hydroxylation sites is 2. The molecule has 8 heteroatoms. The van der Waals surface area contributed by atoms with Crippen LogP contribution >= 0.6 is 0 Å². The molecule has 0 unspecified atom stereocenters. The van der Waals surface area contributed by atoms with Crippen molar-refractivity contribution in [3.63, 3.8) is 0 Å². The number of hydrogen-bond donors (Lipinski definition) is 2. The van der Waals surface area contributed by atoms with Gasteiger partial charge in [0.05, 0.1) is 31.1 Å². The fraction of sp³-hybridized carbons (Fsp3) is 0.316. The number of halogens is 2. The van der Waals surface area contributed by atoms with E-state index in [1.165, 1.54) is 6.07 Å². The van der Waals surface area contributed by atoms with Crippen molar-refractivity contribution in [2.75, 3.05) is 30.4 Å². The van der Waals surface area contributed by atoms with E-state index in [1.807, 2.05) is 13.8 Å². The van der Waals surface area contributed by atoms with Crippen molar-refractivity contribution in [1.29, 1.82) is 0 Å². The molecule has 0 saturated carbocycles. The SMILES string of the molecule is CCOc1ccc(OCC)c(NC(=O)CNc2ccccc2OC(F)F)c1. The maximum Gasteiger partial charge on any atom is 0.387 e. The Bertz CT molecular complexity index is 756. The highest BCUT2D eigenvalue weighted by Crippen LogP contribution is 2.30. The van der Waals surface area contributed by atoms with Crippen LogP contribution in [-0.2, 0) is 4.79 Å². The van der Waals surface area contributed by atoms with Gasteiger partial charge in [0.2, 0.25) is 5.91 Å². The van der Waals surface area contributed by atoms with Crippen molar-refractivity contribution in [2.24, 2.45) is 0 Å². The molecule has 0 aliphatic heterocycles. The minimum absolute atomic E-state index is 0.0337. The second kappa shape index (κ2) is 10.2. The zero-order chi connectivity index (χ0) is 19.6. The minimum Gasteiger partial charge on any atom is -0.494 e. The van der Waals surface area contributed by atoms with E-state index in [9.17, 15) is 13.6 Å². The van der Waals surface area contributed by atoms with Gasteiger partial charge in [-0.2, -0.15) is 8.78 Å². The molecule has 0 radical (unpaired) electrons. The van der Waals surface area contributed by atoms with Gasteiger partial charge >= 0.3 is 6.61 Å². The average Bonchev–Trinajstić information content (AvgIpc) is 2.63. The molecular weight excluding hydrogens is 358 g/mol. The van der Waals surface area contributed by atoms with E-state index in [0.29, 0.717) is 36.1 Å². The smallest absolute Gasteiger partial charge is 0.387 e. The highest BCUT2D eigenvalue weighted by Gasteiger charge is 2.12. The van der Waals surface area contributed by atoms with Crippen LogP contribution in [0.25, 0.3) is 0 Å². The number of amides is 1. The van der Waals surface area contributed by atoms with E-state index < -0.39 is 6.61 Å². The van der Waals surface area contributed by atoms with E-state index >= 15 is 0 Å². The van der Waals surface area contributed by atoms with Gasteiger partial charge in [0, 0.05) is 6.07 Å². The highest BCUT2D eigenvalue weighted by atomic mass is 19.3. The molecule has 0 atom stereocenters. The third-order valence-electron chi connectivity index (χ3n) is 3.38. The summed E-state index contributed by atoms with van der Waals surface area (Å²) in [5, 5.41) is 5.52. The largest absolute Gasteiger partial charge is 0.494 e. The van der Waals surface area contributed by atoms with Gasteiger partial charge in [-0.3, -0.25) is 4.79 Å². The Hall–Kier alpha value is -3.03. The van der Waals surface area contributed by atoms with Gasteiger partial charge in [-0.15, -0.1) is 0 Å². The topological polar surface area (TPSA) is 68.8 Å². The monoisotopic (exact) mass is 380 g/mol. The van der Waals surface area contributed by atoms with Gasteiger partial charge in [0.15, 0.2) is 0 Å². The van der Waals surface area contributed by atoms with Gasteiger partial charge in [-0.05, 0) is 38.1 Å². The average molecular weight is 380 g/mol. The molecule has 2 aromatic carbocycles. The summed E-state index contributed by atoms with van der Waals surface area (Å²) in [5.74, 6) is 0.695. The first kappa shape index (κ1) is 20.3. The van der Waals surface area contributed by atoms with Gasteiger partial charge in [0.1, 0.15) is 17.2 Å². The first-order chi connectivity index (χ1) is 13.0. The van der Waals surface area contributed by atoms with Crippen molar-refractivity contribution in [2.45, 2.75) is 20.5 Å². The molecule has 1 amide bonds. The van der Waals surface area contributed by atoms with Crippen molar-refractivity contribution < 1.29 is 27.8 Å². The van der Waals surface area contributed by atoms with Crippen LogP contribution in [0.1, 0.15) is 13.8 Å². The summed E-state index contributed by atoms with van der Waals surface area (Å²) in [7, 11) is 0. The standard InChI is InChI=1S/C19H22F2N2O4/c1-3-25-13-9-10-16(26-4-2)15(11-13)23-18(24)12-22-14-7-5-6-8-17(14)27-19(20)21/h5-11,19,22H,3-4,12H2,1-2H3,(H,23,24). The number of rotatable bonds is 10. The normalized spacial score (nSPS) is 10.4. The molecule has 2 aromatic rings. The molecule has 6 nitrogen and oxygen atoms in total. The minimum atomic E-state index is -2.95. The molecule has 0 bridgehead atoms. The quantitative estimate of drug-likeness (QED) is 0.649. The zero-order valence-corrected chi connectivity index (χ0v) is 15.1. The summed E-state index contributed by atoms with van der Waals surface area (Å²) in [6, 6.07) is 11.3. The van der Waals surface area contributed by atoms with Crippen LogP contribution in [0.15, 0.2) is 42.5 Å². The predicted octanol–water partition coefficient (Wildman–Crippen LogP) is 4.14. The third-order valence-corrected chi connectivity index (χ3v) is 3.38. The molecule has 146 valence electrons. The van der Waals surface area contributed by atoms with Gasteiger partial charge in [0.25, 0.3) is 0 Å². The molecule has 27 heavy (non-hydrogen) atoms. The van der Waals surface area contributed by atoms with Crippen molar-refractivity contribution in [3.05, 3.63) is 42.5 Å². The Morgan fingerprint density at radius 2 is 1.74 bits per heavy atom. The molecule has 2 N–H and O–H groups in total. The number of nitrogens with one attached hydrogen (secondary N) is 2. The maximum atomic E-state index is 12.4. The van der Waals surface area contributed by atoms with Crippen molar-refractivity contribution >= 4 is 17.3 Å². The van der Waals surface area contributed by atoms with Crippen LogP contribution in [0, 0.1) is 0 Å². The number of hydrogen-bond acceptors (Lipinski definition) is 5. The Morgan fingerprint density at radius 1 is 1.00 bits per heavy atom. The molecule has 0 spiro atoms. The molecule has 0 saturated heterocycles. The maximum absolute atomic E-state index is 12.4. The third kappa shape index (κ3) is 6.32. The van der Waals surface area contributed by atoms with E-state index in [1.54, 1.807) is 36.4 Å². The van der Waals surface area contributed by atoms with E-state index in [-0.39, 0.29) is 18.2 Å².